The number of nitrogens with zero attached hydrogens (tertiary/aromatic N) is 3. The van der Waals surface area contributed by atoms with E-state index in [4.69, 9.17) is 0 Å². The number of nitro benzene ring substituents is 1. The molecule has 0 radical (unpaired) electrons. The molecule has 0 amide bonds. The van der Waals surface area contributed by atoms with E-state index >= 15 is 0 Å². The van der Waals surface area contributed by atoms with Gasteiger partial charge in [-0.15, -0.1) is 0 Å². The van der Waals surface area contributed by atoms with Gasteiger partial charge in [-0.1, -0.05) is 6.07 Å². The molecule has 1 aromatic heterocycles. The van der Waals surface area contributed by atoms with Crippen molar-refractivity contribution in [1.82, 2.24) is 9.19 Å². The van der Waals surface area contributed by atoms with Crippen LogP contribution in [0.1, 0.15) is 5.56 Å². The van der Waals surface area contributed by atoms with E-state index in [0.717, 1.165) is 10.2 Å². The fraction of sp³-hybridized carbons (Fsp3) is 0.100. The number of rotatable bonds is 3. The molecule has 18 heavy (non-hydrogen) atoms. The first-order chi connectivity index (χ1) is 8.41. The molecule has 0 saturated heterocycles. The first-order valence-electron chi connectivity index (χ1n) is 4.92. The van der Waals surface area contributed by atoms with E-state index in [0.29, 0.717) is 5.56 Å². The third kappa shape index (κ3) is 2.09. The lowest BCUT2D eigenvalue weighted by atomic mass is 10.3. The van der Waals surface area contributed by atoms with Gasteiger partial charge in [-0.05, 0) is 18.6 Å². The van der Waals surface area contributed by atoms with Crippen molar-refractivity contribution in [1.29, 1.82) is 0 Å². The summed E-state index contributed by atoms with van der Waals surface area (Å²) in [6, 6.07) is 4.85. The summed E-state index contributed by atoms with van der Waals surface area (Å²) < 4.78 is 25.0. The Hall–Kier alpha value is -2.22. The minimum absolute atomic E-state index is 0.167. The van der Waals surface area contributed by atoms with Crippen LogP contribution >= 0.6 is 0 Å². The fourth-order valence-electron chi connectivity index (χ4n) is 1.39. The monoisotopic (exact) mass is 267 g/mol. The zero-order valence-corrected chi connectivity index (χ0v) is 10.2. The number of aryl methyl sites for hydroxylation is 1. The third-order valence-electron chi connectivity index (χ3n) is 2.26. The van der Waals surface area contributed by atoms with Crippen LogP contribution in [0.25, 0.3) is 0 Å². The van der Waals surface area contributed by atoms with Gasteiger partial charge < -0.3 is 0 Å². The first-order valence-corrected chi connectivity index (χ1v) is 6.36. The molecule has 2 rings (SSSR count). The largest absolute Gasteiger partial charge is 0.283 e. The molecule has 1 aromatic carbocycles. The van der Waals surface area contributed by atoms with E-state index in [2.05, 4.69) is 5.10 Å². The maximum Gasteiger partial charge on any atom is 0.283 e. The van der Waals surface area contributed by atoms with Crippen molar-refractivity contribution < 1.29 is 13.3 Å². The summed E-state index contributed by atoms with van der Waals surface area (Å²) in [6.45, 7) is 1.70. The topological polar surface area (TPSA) is 95.1 Å². The van der Waals surface area contributed by atoms with Crippen LogP contribution in [0.15, 0.2) is 41.6 Å². The van der Waals surface area contributed by atoms with Gasteiger partial charge in [-0.25, -0.2) is 0 Å². The molecule has 0 saturated carbocycles. The molecule has 0 fully saturated rings. The Morgan fingerprint density at radius 2 is 2.11 bits per heavy atom. The maximum atomic E-state index is 12.1. The summed E-state index contributed by atoms with van der Waals surface area (Å²) >= 11 is 0. The Morgan fingerprint density at radius 1 is 1.39 bits per heavy atom. The van der Waals surface area contributed by atoms with Crippen molar-refractivity contribution in [2.24, 2.45) is 0 Å². The predicted octanol–water partition coefficient (Wildman–Crippen LogP) is 1.34. The highest BCUT2D eigenvalue weighted by Gasteiger charge is 2.20. The number of benzene rings is 1. The summed E-state index contributed by atoms with van der Waals surface area (Å²) in [5, 5.41) is 14.3. The predicted molar refractivity (Wildman–Crippen MR) is 62.6 cm³/mol. The summed E-state index contributed by atoms with van der Waals surface area (Å²) in [7, 11) is -3.87. The molecule has 1 heterocycles. The van der Waals surface area contributed by atoms with Gasteiger partial charge in [0.2, 0.25) is 0 Å². The van der Waals surface area contributed by atoms with Crippen molar-refractivity contribution in [3.05, 3.63) is 52.3 Å². The number of non-ortho nitro benzene ring substituents is 1. The number of hydrogen-bond acceptors (Lipinski definition) is 5. The fourth-order valence-corrected chi connectivity index (χ4v) is 2.60. The number of aromatic nitrogens is 2. The highest BCUT2D eigenvalue weighted by atomic mass is 32.2. The standard InChI is InChI=1S/C10H9N3O4S/c1-8-6-11-12(7-8)18(16,17)10-4-2-3-9(5-10)13(14)15/h2-7H,1H3. The second-order valence-corrected chi connectivity index (χ2v) is 5.45. The lowest BCUT2D eigenvalue weighted by Gasteiger charge is -2.03. The zero-order chi connectivity index (χ0) is 13.3. The molecule has 94 valence electrons. The molecule has 0 unspecified atom stereocenters. The summed E-state index contributed by atoms with van der Waals surface area (Å²) in [5.74, 6) is 0. The van der Waals surface area contributed by atoms with Gasteiger partial charge in [0, 0.05) is 18.3 Å². The minimum atomic E-state index is -3.87. The summed E-state index contributed by atoms with van der Waals surface area (Å²) in [4.78, 5) is 9.80. The van der Waals surface area contributed by atoms with Gasteiger partial charge in [0.15, 0.2) is 0 Å². The van der Waals surface area contributed by atoms with Gasteiger partial charge >= 0.3 is 0 Å². The van der Waals surface area contributed by atoms with Crippen LogP contribution in [-0.2, 0) is 10.0 Å². The van der Waals surface area contributed by atoms with E-state index in [9.17, 15) is 18.5 Å². The molecular weight excluding hydrogens is 258 g/mol. The smallest absolute Gasteiger partial charge is 0.258 e. The van der Waals surface area contributed by atoms with Crippen molar-refractivity contribution >= 4 is 15.7 Å². The van der Waals surface area contributed by atoms with E-state index in [1.165, 1.54) is 30.6 Å². The molecule has 2 aromatic rings. The number of nitro groups is 1. The highest BCUT2D eigenvalue weighted by molar-refractivity contribution is 7.89. The molecule has 7 nitrogen and oxygen atoms in total. The second kappa shape index (κ2) is 4.22. The molecule has 0 spiro atoms. The minimum Gasteiger partial charge on any atom is -0.258 e. The maximum absolute atomic E-state index is 12.1. The average molecular weight is 267 g/mol. The molecule has 0 bridgehead atoms. The average Bonchev–Trinajstić information content (AvgIpc) is 2.77. The van der Waals surface area contributed by atoms with Crippen LogP contribution in [0.2, 0.25) is 0 Å². The zero-order valence-electron chi connectivity index (χ0n) is 9.35. The lowest BCUT2D eigenvalue weighted by Crippen LogP contribution is -2.13. The van der Waals surface area contributed by atoms with Crippen molar-refractivity contribution in [3.8, 4) is 0 Å². The molecule has 0 aliphatic carbocycles. The van der Waals surface area contributed by atoms with Crippen LogP contribution in [-0.4, -0.2) is 22.5 Å². The SMILES string of the molecule is Cc1cnn(S(=O)(=O)c2cccc([N+](=O)[O-])c2)c1. The summed E-state index contributed by atoms with van der Waals surface area (Å²) in [5.41, 5.74) is 0.406. The number of hydrogen-bond donors (Lipinski definition) is 0. The van der Waals surface area contributed by atoms with Crippen LogP contribution < -0.4 is 0 Å². The molecular formula is C10H9N3O4S. The normalized spacial score (nSPS) is 11.4. The van der Waals surface area contributed by atoms with E-state index in [-0.39, 0.29) is 10.6 Å². The van der Waals surface area contributed by atoms with Gasteiger partial charge in [-0.2, -0.15) is 17.6 Å². The first kappa shape index (κ1) is 12.2. The molecule has 8 heteroatoms. The highest BCUT2D eigenvalue weighted by Crippen LogP contribution is 2.19. The van der Waals surface area contributed by atoms with Crippen molar-refractivity contribution in [3.63, 3.8) is 0 Å². The lowest BCUT2D eigenvalue weighted by molar-refractivity contribution is -0.385. The second-order valence-electron chi connectivity index (χ2n) is 3.65. The Bertz CT molecular complexity index is 705. The molecule has 0 atom stereocenters. The molecule has 0 aliphatic rings. The Kier molecular flexibility index (Phi) is 2.87. The van der Waals surface area contributed by atoms with Crippen molar-refractivity contribution in [2.75, 3.05) is 0 Å². The Morgan fingerprint density at radius 3 is 2.67 bits per heavy atom. The van der Waals surface area contributed by atoms with Crippen molar-refractivity contribution in [2.45, 2.75) is 11.8 Å². The molecule has 0 N–H and O–H groups in total. The quantitative estimate of drug-likeness (QED) is 0.617. The van der Waals surface area contributed by atoms with Crippen LogP contribution in [0.3, 0.4) is 0 Å². The summed E-state index contributed by atoms with van der Waals surface area (Å²) in [6.07, 6.45) is 2.74. The van der Waals surface area contributed by atoms with Gasteiger partial charge in [-0.3, -0.25) is 10.1 Å². The van der Waals surface area contributed by atoms with Gasteiger partial charge in [0.1, 0.15) is 0 Å². The van der Waals surface area contributed by atoms with Crippen LogP contribution in [0.5, 0.6) is 0 Å². The van der Waals surface area contributed by atoms with E-state index < -0.39 is 14.9 Å². The van der Waals surface area contributed by atoms with Crippen LogP contribution in [0, 0.1) is 17.0 Å². The third-order valence-corrected chi connectivity index (χ3v) is 3.80. The van der Waals surface area contributed by atoms with E-state index in [1.54, 1.807) is 6.92 Å². The van der Waals surface area contributed by atoms with Gasteiger partial charge in [0.25, 0.3) is 15.7 Å². The van der Waals surface area contributed by atoms with Crippen LogP contribution in [0.4, 0.5) is 5.69 Å². The van der Waals surface area contributed by atoms with E-state index in [1.807, 2.05) is 0 Å². The Balaban J connectivity index is 2.54. The Labute approximate surface area is 103 Å². The van der Waals surface area contributed by atoms with Gasteiger partial charge in [0.05, 0.1) is 16.0 Å². The molecule has 0 aliphatic heterocycles.